The number of anilines is 1. The molecule has 2 atom stereocenters. The maximum Gasteiger partial charge on any atom is 0.258 e. The van der Waals surface area contributed by atoms with Crippen LogP contribution in [0.15, 0.2) is 78.9 Å². The number of para-hydroxylation sites is 1. The molecule has 0 spiro atoms. The molecule has 6 heteroatoms. The van der Waals surface area contributed by atoms with Gasteiger partial charge in [-0.3, -0.25) is 14.5 Å². The molecule has 5 rings (SSSR count). The van der Waals surface area contributed by atoms with E-state index in [1.807, 2.05) is 53.4 Å². The Kier molecular flexibility index (Phi) is 6.41. The lowest BCUT2D eigenvalue weighted by Crippen LogP contribution is -2.46. The van der Waals surface area contributed by atoms with Crippen LogP contribution in [0.3, 0.4) is 0 Å². The highest BCUT2D eigenvalue weighted by Crippen LogP contribution is 2.35. The van der Waals surface area contributed by atoms with Crippen molar-refractivity contribution in [3.05, 3.63) is 101 Å². The summed E-state index contributed by atoms with van der Waals surface area (Å²) in [7, 11) is 0. The predicted molar refractivity (Wildman–Crippen MR) is 130 cm³/mol. The third-order valence-corrected chi connectivity index (χ3v) is 6.85. The topological polar surface area (TPSA) is 52.7 Å². The second-order valence-electron chi connectivity index (χ2n) is 9.08. The molecule has 1 fully saturated rings. The van der Waals surface area contributed by atoms with E-state index in [1.165, 1.54) is 12.1 Å². The summed E-state index contributed by atoms with van der Waals surface area (Å²) >= 11 is 0. The van der Waals surface area contributed by atoms with Crippen LogP contribution in [0.2, 0.25) is 0 Å². The molecule has 0 saturated carbocycles. The van der Waals surface area contributed by atoms with Gasteiger partial charge < -0.3 is 10.2 Å². The van der Waals surface area contributed by atoms with E-state index >= 15 is 0 Å². The molecule has 2 heterocycles. The number of nitrogens with zero attached hydrogens (tertiary/aromatic N) is 2. The summed E-state index contributed by atoms with van der Waals surface area (Å²) in [6.45, 7) is 1.90. The van der Waals surface area contributed by atoms with E-state index in [-0.39, 0.29) is 36.1 Å². The first-order chi connectivity index (χ1) is 16.6. The lowest BCUT2D eigenvalue weighted by atomic mass is 10.1. The number of amides is 2. The number of benzene rings is 3. The number of hydrogen-bond acceptors (Lipinski definition) is 3. The Morgan fingerprint density at radius 3 is 2.56 bits per heavy atom. The molecule has 0 aliphatic carbocycles. The summed E-state index contributed by atoms with van der Waals surface area (Å²) in [5.41, 5.74) is 3.43. The molecule has 0 bridgehead atoms. The molecule has 3 aromatic carbocycles. The van der Waals surface area contributed by atoms with E-state index in [9.17, 15) is 14.0 Å². The van der Waals surface area contributed by atoms with Crippen molar-refractivity contribution in [1.82, 2.24) is 10.2 Å². The van der Waals surface area contributed by atoms with Gasteiger partial charge in [0.2, 0.25) is 5.91 Å². The van der Waals surface area contributed by atoms with Gasteiger partial charge in [0, 0.05) is 43.0 Å². The van der Waals surface area contributed by atoms with Gasteiger partial charge in [0.15, 0.2) is 0 Å². The van der Waals surface area contributed by atoms with Gasteiger partial charge >= 0.3 is 0 Å². The van der Waals surface area contributed by atoms with Crippen LogP contribution in [0, 0.1) is 5.82 Å². The van der Waals surface area contributed by atoms with Gasteiger partial charge in [0.1, 0.15) is 5.82 Å². The fourth-order valence-corrected chi connectivity index (χ4v) is 5.16. The van der Waals surface area contributed by atoms with Crippen LogP contribution in [0.5, 0.6) is 0 Å². The first-order valence-electron chi connectivity index (χ1n) is 11.8. The number of carbonyl (C=O) groups is 2. The highest BCUT2D eigenvalue weighted by molar-refractivity contribution is 6.06. The van der Waals surface area contributed by atoms with Crippen molar-refractivity contribution in [3.63, 3.8) is 0 Å². The second-order valence-corrected chi connectivity index (χ2v) is 9.08. The van der Waals surface area contributed by atoms with Crippen LogP contribution in [0.1, 0.15) is 34.3 Å². The first kappa shape index (κ1) is 22.3. The fourth-order valence-electron chi connectivity index (χ4n) is 5.16. The summed E-state index contributed by atoms with van der Waals surface area (Å²) in [4.78, 5) is 30.3. The molecule has 1 N–H and O–H groups in total. The van der Waals surface area contributed by atoms with E-state index in [0.29, 0.717) is 24.2 Å². The average Bonchev–Trinajstić information content (AvgIpc) is 3.14. The number of fused-ring (bicyclic) bond motifs is 2. The summed E-state index contributed by atoms with van der Waals surface area (Å²) in [5, 5.41) is 3.05. The van der Waals surface area contributed by atoms with Crippen molar-refractivity contribution >= 4 is 17.5 Å². The number of carbonyl (C=O) groups excluding carboxylic acids is 2. The zero-order valence-electron chi connectivity index (χ0n) is 19.0. The molecular formula is C28H28FN3O2. The molecule has 0 radical (unpaired) electrons. The standard InChI is InChI=1S/C28H28FN3O2/c29-23-11-6-7-20(15-23)16-27(33)30-17-24-13-14-25-19-32(28(34)21-8-2-1-3-9-21)26-12-5-4-10-22(26)18-31(24)25/h1-12,15,24-25H,13-14,16-19H2,(H,30,33). The van der Waals surface area contributed by atoms with Gasteiger partial charge in [-0.2, -0.15) is 0 Å². The van der Waals surface area contributed by atoms with Gasteiger partial charge in [-0.25, -0.2) is 4.39 Å². The summed E-state index contributed by atoms with van der Waals surface area (Å²) in [5.74, 6) is -0.423. The van der Waals surface area contributed by atoms with Crippen LogP contribution < -0.4 is 10.2 Å². The van der Waals surface area contributed by atoms with Gasteiger partial charge in [-0.15, -0.1) is 0 Å². The SMILES string of the molecule is O=C(Cc1cccc(F)c1)NCC1CCC2CN(C(=O)c3ccccc3)c3ccccc3CN12. The minimum Gasteiger partial charge on any atom is -0.354 e. The Bertz CT molecular complexity index is 1180. The summed E-state index contributed by atoms with van der Waals surface area (Å²) in [6, 6.07) is 24.1. The molecule has 1 saturated heterocycles. The third kappa shape index (κ3) is 4.73. The van der Waals surface area contributed by atoms with E-state index in [1.54, 1.807) is 12.1 Å². The van der Waals surface area contributed by atoms with Crippen LogP contribution in [0.4, 0.5) is 10.1 Å². The lowest BCUT2D eigenvalue weighted by molar-refractivity contribution is -0.120. The molecule has 2 amide bonds. The molecule has 174 valence electrons. The first-order valence-corrected chi connectivity index (χ1v) is 11.8. The highest BCUT2D eigenvalue weighted by Gasteiger charge is 2.38. The van der Waals surface area contributed by atoms with Crippen LogP contribution in [-0.4, -0.2) is 41.9 Å². The Hall–Kier alpha value is -3.51. The van der Waals surface area contributed by atoms with Gasteiger partial charge in [0.05, 0.1) is 6.42 Å². The van der Waals surface area contributed by atoms with Crippen molar-refractivity contribution in [1.29, 1.82) is 0 Å². The molecule has 2 aliphatic heterocycles. The Labute approximate surface area is 199 Å². The third-order valence-electron chi connectivity index (χ3n) is 6.85. The van der Waals surface area contributed by atoms with Gasteiger partial charge in [-0.1, -0.05) is 48.5 Å². The molecular weight excluding hydrogens is 429 g/mol. The lowest BCUT2D eigenvalue weighted by Gasteiger charge is -2.29. The Balaban J connectivity index is 1.30. The van der Waals surface area contributed by atoms with Crippen molar-refractivity contribution < 1.29 is 14.0 Å². The maximum atomic E-state index is 13.4. The molecule has 0 aromatic heterocycles. The minimum absolute atomic E-state index is 0.0155. The predicted octanol–water partition coefficient (Wildman–Crippen LogP) is 4.18. The molecule has 3 aromatic rings. The summed E-state index contributed by atoms with van der Waals surface area (Å²) < 4.78 is 13.4. The van der Waals surface area contributed by atoms with Crippen molar-refractivity contribution in [2.45, 2.75) is 37.9 Å². The van der Waals surface area contributed by atoms with E-state index in [0.717, 1.165) is 30.6 Å². The normalized spacial score (nSPS) is 19.7. The quantitative estimate of drug-likeness (QED) is 0.626. The van der Waals surface area contributed by atoms with E-state index in [2.05, 4.69) is 16.3 Å². The van der Waals surface area contributed by atoms with Crippen LogP contribution in [0.25, 0.3) is 0 Å². The van der Waals surface area contributed by atoms with Gasteiger partial charge in [-0.05, 0) is 54.3 Å². The van der Waals surface area contributed by atoms with Crippen molar-refractivity contribution in [2.75, 3.05) is 18.0 Å². The molecule has 2 aliphatic rings. The average molecular weight is 458 g/mol. The monoisotopic (exact) mass is 457 g/mol. The van der Waals surface area contributed by atoms with E-state index in [4.69, 9.17) is 0 Å². The van der Waals surface area contributed by atoms with Gasteiger partial charge in [0.25, 0.3) is 5.91 Å². The zero-order valence-corrected chi connectivity index (χ0v) is 19.0. The maximum absolute atomic E-state index is 13.4. The molecule has 2 unspecified atom stereocenters. The van der Waals surface area contributed by atoms with Crippen LogP contribution >= 0.6 is 0 Å². The van der Waals surface area contributed by atoms with E-state index < -0.39 is 0 Å². The Morgan fingerprint density at radius 1 is 0.941 bits per heavy atom. The number of rotatable bonds is 5. The fraction of sp³-hybridized carbons (Fsp3) is 0.286. The zero-order chi connectivity index (χ0) is 23.5. The largest absolute Gasteiger partial charge is 0.354 e. The second kappa shape index (κ2) is 9.77. The van der Waals surface area contributed by atoms with Crippen molar-refractivity contribution in [2.24, 2.45) is 0 Å². The number of halogens is 1. The smallest absolute Gasteiger partial charge is 0.258 e. The number of nitrogens with one attached hydrogen (secondary N) is 1. The molecule has 5 nitrogen and oxygen atoms in total. The summed E-state index contributed by atoms with van der Waals surface area (Å²) in [6.07, 6.45) is 2.09. The van der Waals surface area contributed by atoms with Crippen LogP contribution in [-0.2, 0) is 17.8 Å². The molecule has 34 heavy (non-hydrogen) atoms. The number of hydrogen-bond donors (Lipinski definition) is 1. The Morgan fingerprint density at radius 2 is 1.74 bits per heavy atom. The van der Waals surface area contributed by atoms with Crippen molar-refractivity contribution in [3.8, 4) is 0 Å². The highest BCUT2D eigenvalue weighted by atomic mass is 19.1. The minimum atomic E-state index is -0.332.